The second kappa shape index (κ2) is 8.02. The fourth-order valence-electron chi connectivity index (χ4n) is 3.42. The van der Waals surface area contributed by atoms with Crippen molar-refractivity contribution in [3.05, 3.63) is 65.7 Å². The standard InChI is InChI=1S/C18H12BNO7S.K/c21-17-11-5-3-4-10-15(28(25,26)27)9-8-12(16(10)11)18(22)20(17)14-7-2-1-6-13(14)19(23)24;/h1-9,23-24H,(H,25,26,27);/q;+1/p-1. The van der Waals surface area contributed by atoms with Gasteiger partial charge < -0.3 is 14.6 Å². The zero-order valence-corrected chi connectivity index (χ0v) is 19.0. The van der Waals surface area contributed by atoms with Crippen molar-refractivity contribution in [2.24, 2.45) is 0 Å². The van der Waals surface area contributed by atoms with Crippen LogP contribution in [-0.2, 0) is 10.1 Å². The van der Waals surface area contributed by atoms with Crippen LogP contribution in [0.1, 0.15) is 20.7 Å². The molecule has 0 bridgehead atoms. The fourth-order valence-corrected chi connectivity index (χ4v) is 4.09. The largest absolute Gasteiger partial charge is 1.00 e. The van der Waals surface area contributed by atoms with E-state index in [1.165, 1.54) is 48.5 Å². The molecule has 3 aromatic carbocycles. The van der Waals surface area contributed by atoms with Crippen molar-refractivity contribution in [1.82, 2.24) is 0 Å². The molecule has 0 spiro atoms. The van der Waals surface area contributed by atoms with Crippen molar-refractivity contribution in [1.29, 1.82) is 0 Å². The van der Waals surface area contributed by atoms with Crippen LogP contribution >= 0.6 is 0 Å². The molecule has 8 nitrogen and oxygen atoms in total. The van der Waals surface area contributed by atoms with E-state index >= 15 is 0 Å². The van der Waals surface area contributed by atoms with Gasteiger partial charge >= 0.3 is 58.5 Å². The van der Waals surface area contributed by atoms with E-state index < -0.39 is 33.9 Å². The van der Waals surface area contributed by atoms with Crippen LogP contribution in [0, 0.1) is 0 Å². The first-order valence-electron chi connectivity index (χ1n) is 8.07. The molecule has 11 heteroatoms. The topological polar surface area (TPSA) is 135 Å². The summed E-state index contributed by atoms with van der Waals surface area (Å²) < 4.78 is 34.7. The molecule has 2 N–H and O–H groups in total. The Morgan fingerprint density at radius 2 is 1.48 bits per heavy atom. The first-order valence-corrected chi connectivity index (χ1v) is 9.48. The van der Waals surface area contributed by atoms with Gasteiger partial charge in [-0.2, -0.15) is 0 Å². The molecule has 0 fully saturated rings. The van der Waals surface area contributed by atoms with Gasteiger partial charge in [0, 0.05) is 27.4 Å². The Hall–Kier alpha value is -1.41. The number of amides is 2. The van der Waals surface area contributed by atoms with Crippen LogP contribution in [0.3, 0.4) is 0 Å². The average molecular weight is 435 g/mol. The van der Waals surface area contributed by atoms with Crippen molar-refractivity contribution in [3.63, 3.8) is 0 Å². The number of rotatable bonds is 3. The molecule has 4 rings (SSSR count). The third kappa shape index (κ3) is 3.63. The molecule has 0 atom stereocenters. The average Bonchev–Trinajstić information content (AvgIpc) is 2.65. The Morgan fingerprint density at radius 3 is 2.10 bits per heavy atom. The first-order chi connectivity index (χ1) is 13.2. The molecule has 0 unspecified atom stereocenters. The van der Waals surface area contributed by atoms with E-state index in [-0.39, 0.29) is 84.4 Å². The molecule has 1 heterocycles. The number of para-hydroxylation sites is 1. The SMILES string of the molecule is O=C1c2cccc3c(S(=O)(=O)[O-])ccc(c23)C(=O)N1c1ccccc1B(O)O.[K+]. The maximum absolute atomic E-state index is 13.1. The summed E-state index contributed by atoms with van der Waals surface area (Å²) in [6, 6.07) is 12.2. The molecular formula is C18H11BKNO7S. The van der Waals surface area contributed by atoms with Crippen molar-refractivity contribution < 1.29 is 84.0 Å². The molecule has 0 saturated heterocycles. The Balaban J connectivity index is 0.00000240. The smallest absolute Gasteiger partial charge is 0.744 e. The van der Waals surface area contributed by atoms with E-state index in [4.69, 9.17) is 0 Å². The number of anilines is 1. The van der Waals surface area contributed by atoms with E-state index in [0.29, 0.717) is 0 Å². The summed E-state index contributed by atoms with van der Waals surface area (Å²) in [6.07, 6.45) is 0. The number of hydrogen-bond donors (Lipinski definition) is 2. The van der Waals surface area contributed by atoms with Gasteiger partial charge in [-0.25, -0.2) is 13.3 Å². The summed E-state index contributed by atoms with van der Waals surface area (Å²) in [5.74, 6) is -1.53. The Bertz CT molecular complexity index is 1250. The summed E-state index contributed by atoms with van der Waals surface area (Å²) in [7, 11) is -6.73. The Labute approximate surface area is 208 Å². The summed E-state index contributed by atoms with van der Waals surface area (Å²) in [4.78, 5) is 26.4. The van der Waals surface area contributed by atoms with E-state index in [0.717, 1.165) is 11.0 Å². The molecule has 140 valence electrons. The van der Waals surface area contributed by atoms with Crippen LogP contribution in [-0.4, -0.2) is 42.0 Å². The summed E-state index contributed by atoms with van der Waals surface area (Å²) in [6.45, 7) is 0. The molecular weight excluding hydrogens is 424 g/mol. The van der Waals surface area contributed by atoms with Crippen LogP contribution in [0.4, 0.5) is 5.69 Å². The molecule has 0 radical (unpaired) electrons. The normalized spacial score (nSPS) is 13.4. The quantitative estimate of drug-likeness (QED) is 0.258. The third-order valence-corrected chi connectivity index (χ3v) is 5.49. The number of carbonyl (C=O) groups excluding carboxylic acids is 2. The van der Waals surface area contributed by atoms with Gasteiger partial charge in [0.1, 0.15) is 10.1 Å². The van der Waals surface area contributed by atoms with Gasteiger partial charge in [-0.05, 0) is 24.3 Å². The van der Waals surface area contributed by atoms with Crippen molar-refractivity contribution in [3.8, 4) is 0 Å². The second-order valence-electron chi connectivity index (χ2n) is 6.17. The third-order valence-electron chi connectivity index (χ3n) is 4.59. The van der Waals surface area contributed by atoms with Crippen molar-refractivity contribution in [2.45, 2.75) is 4.90 Å². The number of imide groups is 1. The number of benzene rings is 3. The first kappa shape index (κ1) is 22.3. The Morgan fingerprint density at radius 1 is 0.862 bits per heavy atom. The fraction of sp³-hybridized carbons (Fsp3) is 0. The van der Waals surface area contributed by atoms with Crippen molar-refractivity contribution >= 4 is 51.0 Å². The van der Waals surface area contributed by atoms with Gasteiger partial charge in [-0.1, -0.05) is 30.3 Å². The van der Waals surface area contributed by atoms with Gasteiger partial charge in [0.25, 0.3) is 11.8 Å². The summed E-state index contributed by atoms with van der Waals surface area (Å²) >= 11 is 0. The minimum Gasteiger partial charge on any atom is -0.744 e. The predicted molar refractivity (Wildman–Crippen MR) is 99.3 cm³/mol. The zero-order valence-electron chi connectivity index (χ0n) is 15.1. The van der Waals surface area contributed by atoms with Crippen LogP contribution in [0.25, 0.3) is 10.8 Å². The molecule has 0 aromatic heterocycles. The number of hydrogen-bond acceptors (Lipinski definition) is 7. The maximum Gasteiger partial charge on any atom is 1.00 e. The molecule has 1 aliphatic heterocycles. The minimum atomic E-state index is -4.82. The van der Waals surface area contributed by atoms with Gasteiger partial charge in [-0.15, -0.1) is 0 Å². The van der Waals surface area contributed by atoms with Crippen LogP contribution in [0.2, 0.25) is 0 Å². The van der Waals surface area contributed by atoms with E-state index in [2.05, 4.69) is 0 Å². The molecule has 3 aromatic rings. The Kier molecular flexibility index (Phi) is 6.16. The van der Waals surface area contributed by atoms with Crippen LogP contribution < -0.4 is 61.7 Å². The van der Waals surface area contributed by atoms with Gasteiger partial charge in [-0.3, -0.25) is 9.59 Å². The van der Waals surface area contributed by atoms with Crippen LogP contribution in [0.15, 0.2) is 59.5 Å². The van der Waals surface area contributed by atoms with Gasteiger partial charge in [0.2, 0.25) is 0 Å². The predicted octanol–water partition coefficient (Wildman–Crippen LogP) is -2.77. The van der Waals surface area contributed by atoms with Gasteiger partial charge in [0.15, 0.2) is 0 Å². The van der Waals surface area contributed by atoms with Gasteiger partial charge in [0.05, 0.1) is 10.6 Å². The number of carbonyl (C=O) groups is 2. The second-order valence-corrected chi connectivity index (χ2v) is 7.52. The van der Waals surface area contributed by atoms with Crippen LogP contribution in [0.5, 0.6) is 0 Å². The van der Waals surface area contributed by atoms with E-state index in [1.54, 1.807) is 0 Å². The number of nitrogens with zero attached hydrogens (tertiary/aromatic N) is 1. The minimum absolute atomic E-state index is 0. The van der Waals surface area contributed by atoms with Crippen molar-refractivity contribution in [2.75, 3.05) is 4.90 Å². The van der Waals surface area contributed by atoms with E-state index in [1.807, 2.05) is 0 Å². The maximum atomic E-state index is 13.1. The summed E-state index contributed by atoms with van der Waals surface area (Å²) in [5, 5.41) is 19.2. The monoisotopic (exact) mass is 435 g/mol. The van der Waals surface area contributed by atoms with E-state index in [9.17, 15) is 32.6 Å². The molecule has 1 aliphatic rings. The zero-order chi connectivity index (χ0) is 20.2. The molecule has 29 heavy (non-hydrogen) atoms. The summed E-state index contributed by atoms with van der Waals surface area (Å²) in [5.41, 5.74) is 0.00826. The molecule has 2 amide bonds. The molecule has 0 aliphatic carbocycles. The molecule has 0 saturated carbocycles.